The minimum Gasteiger partial charge on any atom is -0.319 e. The average Bonchev–Trinajstić information content (AvgIpc) is 2.89. The standard InChI is InChI=1S/C18H21N3S/c1-14(2)9-11-21-17-8-4-3-7-16(17)20-18(21)22-13-15-6-5-10-19-12-15/h3-8,10,12,14H,9,11,13H2,1-2H3. The molecule has 3 rings (SSSR count). The molecule has 114 valence electrons. The van der Waals surface area contributed by atoms with E-state index < -0.39 is 0 Å². The van der Waals surface area contributed by atoms with Crippen LogP contribution in [-0.2, 0) is 12.3 Å². The lowest BCUT2D eigenvalue weighted by Crippen LogP contribution is -2.03. The van der Waals surface area contributed by atoms with E-state index in [4.69, 9.17) is 4.98 Å². The maximum atomic E-state index is 4.81. The minimum absolute atomic E-state index is 0.692. The molecular formula is C18H21N3S. The van der Waals surface area contributed by atoms with Crippen molar-refractivity contribution >= 4 is 22.8 Å². The van der Waals surface area contributed by atoms with Gasteiger partial charge < -0.3 is 4.57 Å². The highest BCUT2D eigenvalue weighted by Crippen LogP contribution is 2.27. The largest absolute Gasteiger partial charge is 0.319 e. The number of thioether (sulfide) groups is 1. The lowest BCUT2D eigenvalue weighted by atomic mass is 10.1. The summed E-state index contributed by atoms with van der Waals surface area (Å²) < 4.78 is 2.36. The number of rotatable bonds is 6. The SMILES string of the molecule is CC(C)CCn1c(SCc2cccnc2)nc2ccccc21. The zero-order chi connectivity index (χ0) is 15.4. The Bertz CT molecular complexity index is 734. The number of aromatic nitrogens is 3. The van der Waals surface area contributed by atoms with Crippen LogP contribution in [0.4, 0.5) is 0 Å². The summed E-state index contributed by atoms with van der Waals surface area (Å²) in [5, 5.41) is 1.10. The summed E-state index contributed by atoms with van der Waals surface area (Å²) in [4.78, 5) is 8.99. The van der Waals surface area contributed by atoms with Crippen molar-refractivity contribution in [1.29, 1.82) is 0 Å². The summed E-state index contributed by atoms with van der Waals surface area (Å²) in [5.74, 6) is 1.59. The fourth-order valence-corrected chi connectivity index (χ4v) is 3.37. The quantitative estimate of drug-likeness (QED) is 0.614. The molecule has 2 heterocycles. The van der Waals surface area contributed by atoms with Crippen molar-refractivity contribution < 1.29 is 0 Å². The maximum absolute atomic E-state index is 4.81. The van der Waals surface area contributed by atoms with E-state index in [1.54, 1.807) is 11.8 Å². The van der Waals surface area contributed by atoms with E-state index in [-0.39, 0.29) is 0 Å². The number of pyridine rings is 1. The van der Waals surface area contributed by atoms with Gasteiger partial charge in [0, 0.05) is 24.7 Å². The van der Waals surface area contributed by atoms with Crippen LogP contribution >= 0.6 is 11.8 Å². The van der Waals surface area contributed by atoms with Crippen LogP contribution in [-0.4, -0.2) is 14.5 Å². The molecule has 0 aliphatic heterocycles. The van der Waals surface area contributed by atoms with Crippen molar-refractivity contribution in [3.63, 3.8) is 0 Å². The predicted octanol–water partition coefficient (Wildman–Crippen LogP) is 4.77. The second-order valence-corrected chi connectivity index (χ2v) is 6.81. The third-order valence-electron chi connectivity index (χ3n) is 3.64. The fourth-order valence-electron chi connectivity index (χ4n) is 2.40. The zero-order valence-corrected chi connectivity index (χ0v) is 13.9. The van der Waals surface area contributed by atoms with Gasteiger partial charge in [-0.3, -0.25) is 4.98 Å². The number of para-hydroxylation sites is 2. The first kappa shape index (κ1) is 15.1. The van der Waals surface area contributed by atoms with Gasteiger partial charge in [0.05, 0.1) is 11.0 Å². The van der Waals surface area contributed by atoms with Gasteiger partial charge in [0.25, 0.3) is 0 Å². The van der Waals surface area contributed by atoms with Crippen molar-refractivity contribution in [2.75, 3.05) is 0 Å². The number of fused-ring (bicyclic) bond motifs is 1. The predicted molar refractivity (Wildman–Crippen MR) is 93.0 cm³/mol. The van der Waals surface area contributed by atoms with Gasteiger partial charge in [0.15, 0.2) is 5.16 Å². The van der Waals surface area contributed by atoms with E-state index in [1.807, 2.05) is 18.5 Å². The summed E-state index contributed by atoms with van der Waals surface area (Å²) in [6.07, 6.45) is 4.90. The molecule has 0 spiro atoms. The van der Waals surface area contributed by atoms with Crippen molar-refractivity contribution in [3.8, 4) is 0 Å². The van der Waals surface area contributed by atoms with Crippen LogP contribution in [0.25, 0.3) is 11.0 Å². The Morgan fingerprint density at radius 3 is 2.77 bits per heavy atom. The Morgan fingerprint density at radius 1 is 1.14 bits per heavy atom. The molecule has 1 aromatic carbocycles. The first-order chi connectivity index (χ1) is 10.7. The molecular weight excluding hydrogens is 290 g/mol. The van der Waals surface area contributed by atoms with E-state index in [2.05, 4.69) is 53.7 Å². The molecule has 4 heteroatoms. The van der Waals surface area contributed by atoms with Crippen LogP contribution in [0.3, 0.4) is 0 Å². The summed E-state index contributed by atoms with van der Waals surface area (Å²) >= 11 is 1.79. The Balaban J connectivity index is 1.85. The molecule has 0 bridgehead atoms. The number of imidazole rings is 1. The third-order valence-corrected chi connectivity index (χ3v) is 4.69. The monoisotopic (exact) mass is 311 g/mol. The molecule has 0 amide bonds. The van der Waals surface area contributed by atoms with Gasteiger partial charge >= 0.3 is 0 Å². The number of aryl methyl sites for hydroxylation is 1. The van der Waals surface area contributed by atoms with Crippen LogP contribution < -0.4 is 0 Å². The Morgan fingerprint density at radius 2 is 2.00 bits per heavy atom. The number of hydrogen-bond acceptors (Lipinski definition) is 3. The molecule has 2 aromatic heterocycles. The van der Waals surface area contributed by atoms with Gasteiger partial charge in [-0.1, -0.05) is 43.8 Å². The van der Waals surface area contributed by atoms with Gasteiger partial charge in [-0.2, -0.15) is 0 Å². The summed E-state index contributed by atoms with van der Waals surface area (Å²) in [5.41, 5.74) is 3.55. The second kappa shape index (κ2) is 6.97. The lowest BCUT2D eigenvalue weighted by Gasteiger charge is -2.10. The lowest BCUT2D eigenvalue weighted by molar-refractivity contribution is 0.503. The van der Waals surface area contributed by atoms with Crippen LogP contribution in [0.15, 0.2) is 53.9 Å². The fraction of sp³-hybridized carbons (Fsp3) is 0.333. The first-order valence-electron chi connectivity index (χ1n) is 7.71. The minimum atomic E-state index is 0.692. The molecule has 0 saturated carbocycles. The number of benzene rings is 1. The van der Waals surface area contributed by atoms with E-state index in [0.717, 1.165) is 23.0 Å². The molecule has 3 aromatic rings. The smallest absolute Gasteiger partial charge is 0.169 e. The van der Waals surface area contributed by atoms with Crippen molar-refractivity contribution in [2.45, 2.75) is 37.7 Å². The van der Waals surface area contributed by atoms with Crippen molar-refractivity contribution in [1.82, 2.24) is 14.5 Å². The Kier molecular flexibility index (Phi) is 4.78. The highest BCUT2D eigenvalue weighted by Gasteiger charge is 2.11. The highest BCUT2D eigenvalue weighted by atomic mass is 32.2. The zero-order valence-electron chi connectivity index (χ0n) is 13.1. The molecule has 0 unspecified atom stereocenters. The molecule has 0 atom stereocenters. The van der Waals surface area contributed by atoms with Crippen molar-refractivity contribution in [3.05, 3.63) is 54.4 Å². The van der Waals surface area contributed by atoms with Crippen LogP contribution in [0, 0.1) is 5.92 Å². The average molecular weight is 311 g/mol. The molecule has 22 heavy (non-hydrogen) atoms. The van der Waals surface area contributed by atoms with Gasteiger partial charge in [0.2, 0.25) is 0 Å². The van der Waals surface area contributed by atoms with E-state index in [0.29, 0.717) is 5.92 Å². The first-order valence-corrected chi connectivity index (χ1v) is 8.69. The molecule has 0 aliphatic carbocycles. The van der Waals surface area contributed by atoms with Crippen LogP contribution in [0.1, 0.15) is 25.8 Å². The highest BCUT2D eigenvalue weighted by molar-refractivity contribution is 7.98. The van der Waals surface area contributed by atoms with Gasteiger partial charge in [0.1, 0.15) is 0 Å². The normalized spacial score (nSPS) is 11.4. The number of hydrogen-bond donors (Lipinski definition) is 0. The van der Waals surface area contributed by atoms with E-state index >= 15 is 0 Å². The third kappa shape index (κ3) is 3.50. The summed E-state index contributed by atoms with van der Waals surface area (Å²) in [6.45, 7) is 5.55. The van der Waals surface area contributed by atoms with E-state index in [9.17, 15) is 0 Å². The van der Waals surface area contributed by atoms with Gasteiger partial charge in [-0.25, -0.2) is 4.98 Å². The van der Waals surface area contributed by atoms with Crippen LogP contribution in [0.2, 0.25) is 0 Å². The van der Waals surface area contributed by atoms with Crippen LogP contribution in [0.5, 0.6) is 0 Å². The van der Waals surface area contributed by atoms with Crippen molar-refractivity contribution in [2.24, 2.45) is 5.92 Å². The van der Waals surface area contributed by atoms with E-state index in [1.165, 1.54) is 17.5 Å². The maximum Gasteiger partial charge on any atom is 0.169 e. The Labute approximate surface area is 135 Å². The van der Waals surface area contributed by atoms with Gasteiger partial charge in [-0.15, -0.1) is 0 Å². The topological polar surface area (TPSA) is 30.7 Å². The molecule has 0 N–H and O–H groups in total. The molecule has 0 aliphatic rings. The molecule has 0 saturated heterocycles. The summed E-state index contributed by atoms with van der Waals surface area (Å²) in [6, 6.07) is 12.5. The molecule has 0 radical (unpaired) electrons. The van der Waals surface area contributed by atoms with Gasteiger partial charge in [-0.05, 0) is 36.1 Å². The molecule has 3 nitrogen and oxygen atoms in total. The Hall–Kier alpha value is -1.81. The molecule has 0 fully saturated rings. The number of nitrogens with zero attached hydrogens (tertiary/aromatic N) is 3. The summed E-state index contributed by atoms with van der Waals surface area (Å²) in [7, 11) is 0. The second-order valence-electron chi connectivity index (χ2n) is 5.87.